The summed E-state index contributed by atoms with van der Waals surface area (Å²) in [5.74, 6) is -0.292. The minimum atomic E-state index is -0.292. The van der Waals surface area contributed by atoms with Crippen LogP contribution >= 0.6 is 0 Å². The first kappa shape index (κ1) is 20.5. The molecule has 2 heterocycles. The van der Waals surface area contributed by atoms with Gasteiger partial charge in [-0.1, -0.05) is 49.7 Å². The van der Waals surface area contributed by atoms with Crippen LogP contribution in [-0.2, 0) is 19.6 Å². The SMILES string of the molecule is CCCCn1nc(C(=O)NCc2ccc(Cn3cnc4ccccc43)cc2)ccc1=O. The van der Waals surface area contributed by atoms with E-state index in [4.69, 9.17) is 0 Å². The highest BCUT2D eigenvalue weighted by molar-refractivity contribution is 5.91. The summed E-state index contributed by atoms with van der Waals surface area (Å²) in [6.45, 7) is 3.69. The first-order chi connectivity index (χ1) is 15.1. The molecule has 4 rings (SSSR count). The van der Waals surface area contributed by atoms with Crippen LogP contribution in [0.15, 0.2) is 71.8 Å². The highest BCUT2D eigenvalue weighted by Gasteiger charge is 2.10. The smallest absolute Gasteiger partial charge is 0.271 e. The molecule has 7 nitrogen and oxygen atoms in total. The summed E-state index contributed by atoms with van der Waals surface area (Å²) >= 11 is 0. The Bertz CT molecular complexity index is 1240. The predicted octanol–water partition coefficient (Wildman–Crippen LogP) is 3.37. The minimum absolute atomic E-state index is 0.189. The minimum Gasteiger partial charge on any atom is -0.347 e. The van der Waals surface area contributed by atoms with Crippen molar-refractivity contribution in [2.45, 2.75) is 39.4 Å². The summed E-state index contributed by atoms with van der Waals surface area (Å²) in [6.07, 6.45) is 3.66. The van der Waals surface area contributed by atoms with Crippen molar-refractivity contribution in [3.63, 3.8) is 0 Å². The van der Waals surface area contributed by atoms with Gasteiger partial charge >= 0.3 is 0 Å². The van der Waals surface area contributed by atoms with Crippen molar-refractivity contribution < 1.29 is 4.79 Å². The first-order valence-electron chi connectivity index (χ1n) is 10.5. The lowest BCUT2D eigenvalue weighted by atomic mass is 10.1. The van der Waals surface area contributed by atoms with Crippen LogP contribution in [0.25, 0.3) is 11.0 Å². The number of amides is 1. The summed E-state index contributed by atoms with van der Waals surface area (Å²) in [5.41, 5.74) is 4.29. The number of hydrogen-bond acceptors (Lipinski definition) is 4. The van der Waals surface area contributed by atoms with Crippen molar-refractivity contribution in [2.75, 3.05) is 0 Å². The number of aromatic nitrogens is 4. The second kappa shape index (κ2) is 9.38. The van der Waals surface area contributed by atoms with E-state index in [1.165, 1.54) is 16.8 Å². The van der Waals surface area contributed by atoms with Crippen molar-refractivity contribution in [3.8, 4) is 0 Å². The quantitative estimate of drug-likeness (QED) is 0.478. The summed E-state index contributed by atoms with van der Waals surface area (Å²) in [4.78, 5) is 28.7. The normalized spacial score (nSPS) is 11.0. The Balaban J connectivity index is 1.37. The lowest BCUT2D eigenvalue weighted by molar-refractivity contribution is 0.0943. The largest absolute Gasteiger partial charge is 0.347 e. The van der Waals surface area contributed by atoms with Crippen LogP contribution in [0.4, 0.5) is 0 Å². The maximum Gasteiger partial charge on any atom is 0.271 e. The van der Waals surface area contributed by atoms with Gasteiger partial charge in [-0.05, 0) is 35.7 Å². The van der Waals surface area contributed by atoms with Gasteiger partial charge < -0.3 is 9.88 Å². The van der Waals surface area contributed by atoms with E-state index in [0.717, 1.165) is 41.5 Å². The average Bonchev–Trinajstić information content (AvgIpc) is 3.20. The maximum absolute atomic E-state index is 12.5. The number of imidazole rings is 1. The number of nitrogens with zero attached hydrogens (tertiary/aromatic N) is 4. The number of carbonyl (C=O) groups is 1. The Morgan fingerprint density at radius 3 is 2.58 bits per heavy atom. The molecule has 0 aliphatic rings. The molecule has 2 aromatic carbocycles. The molecule has 31 heavy (non-hydrogen) atoms. The van der Waals surface area contributed by atoms with Crippen molar-refractivity contribution in [1.29, 1.82) is 0 Å². The standard InChI is InChI=1S/C24H25N5O2/c1-2-3-14-29-23(30)13-12-21(27-29)24(31)25-15-18-8-10-19(11-9-18)16-28-17-26-20-6-4-5-7-22(20)28/h4-13,17H,2-3,14-16H2,1H3,(H,25,31). The van der Waals surface area contributed by atoms with Crippen LogP contribution in [0.1, 0.15) is 41.4 Å². The second-order valence-electron chi connectivity index (χ2n) is 7.49. The first-order valence-corrected chi connectivity index (χ1v) is 10.5. The van der Waals surface area contributed by atoms with Crippen LogP contribution < -0.4 is 10.9 Å². The van der Waals surface area contributed by atoms with E-state index in [1.54, 1.807) is 0 Å². The highest BCUT2D eigenvalue weighted by atomic mass is 16.2. The van der Waals surface area contributed by atoms with E-state index < -0.39 is 0 Å². The van der Waals surface area contributed by atoms with Crippen molar-refractivity contribution in [2.24, 2.45) is 0 Å². The molecule has 1 N–H and O–H groups in total. The zero-order valence-electron chi connectivity index (χ0n) is 17.5. The Kier molecular flexibility index (Phi) is 6.21. The Hall–Kier alpha value is -3.74. The molecule has 7 heteroatoms. The number of carbonyl (C=O) groups excluding carboxylic acids is 1. The van der Waals surface area contributed by atoms with Gasteiger partial charge in [0.1, 0.15) is 5.69 Å². The number of rotatable bonds is 8. The molecule has 0 spiro atoms. The molecule has 0 saturated carbocycles. The predicted molar refractivity (Wildman–Crippen MR) is 120 cm³/mol. The summed E-state index contributed by atoms with van der Waals surface area (Å²) < 4.78 is 3.47. The fourth-order valence-electron chi connectivity index (χ4n) is 3.41. The van der Waals surface area contributed by atoms with Crippen LogP contribution in [0.5, 0.6) is 0 Å². The monoisotopic (exact) mass is 415 g/mol. The molecule has 1 amide bonds. The number of benzene rings is 2. The van der Waals surface area contributed by atoms with Crippen molar-refractivity contribution in [1.82, 2.24) is 24.6 Å². The third-order valence-corrected chi connectivity index (χ3v) is 5.18. The van der Waals surface area contributed by atoms with E-state index in [-0.39, 0.29) is 17.2 Å². The number of para-hydroxylation sites is 2. The Morgan fingerprint density at radius 2 is 1.77 bits per heavy atom. The van der Waals surface area contributed by atoms with Crippen LogP contribution in [0.3, 0.4) is 0 Å². The fourth-order valence-corrected chi connectivity index (χ4v) is 3.41. The third kappa shape index (κ3) is 4.88. The van der Waals surface area contributed by atoms with Crippen LogP contribution in [-0.4, -0.2) is 25.2 Å². The number of nitrogens with one attached hydrogen (secondary N) is 1. The van der Waals surface area contributed by atoms with Gasteiger partial charge in [-0.15, -0.1) is 0 Å². The molecule has 0 fully saturated rings. The van der Waals surface area contributed by atoms with E-state index >= 15 is 0 Å². The molecule has 0 saturated heterocycles. The van der Waals surface area contributed by atoms with Gasteiger partial charge in [-0.25, -0.2) is 9.67 Å². The highest BCUT2D eigenvalue weighted by Crippen LogP contribution is 2.14. The van der Waals surface area contributed by atoms with Crippen LogP contribution in [0.2, 0.25) is 0 Å². The maximum atomic E-state index is 12.5. The van der Waals surface area contributed by atoms with Gasteiger partial charge in [-0.3, -0.25) is 9.59 Å². The lowest BCUT2D eigenvalue weighted by Crippen LogP contribution is -2.29. The van der Waals surface area contributed by atoms with Gasteiger partial charge in [0, 0.05) is 25.7 Å². The zero-order chi connectivity index (χ0) is 21.6. The number of hydrogen-bond donors (Lipinski definition) is 1. The molecule has 0 atom stereocenters. The van der Waals surface area contributed by atoms with Gasteiger partial charge in [0.15, 0.2) is 0 Å². The molecule has 0 aliphatic heterocycles. The average molecular weight is 415 g/mol. The fraction of sp³-hybridized carbons (Fsp3) is 0.250. The van der Waals surface area contributed by atoms with Crippen LogP contribution in [0, 0.1) is 0 Å². The number of aryl methyl sites for hydroxylation is 1. The van der Waals surface area contributed by atoms with E-state index in [2.05, 4.69) is 38.2 Å². The molecular weight excluding hydrogens is 390 g/mol. The summed E-state index contributed by atoms with van der Waals surface area (Å²) in [7, 11) is 0. The van der Waals surface area contributed by atoms with E-state index in [9.17, 15) is 9.59 Å². The van der Waals surface area contributed by atoms with Gasteiger partial charge in [0.2, 0.25) is 0 Å². The summed E-state index contributed by atoms with van der Waals surface area (Å²) in [5, 5.41) is 7.06. The molecule has 0 unspecified atom stereocenters. The van der Waals surface area contributed by atoms with Crippen molar-refractivity contribution in [3.05, 3.63) is 94.2 Å². The molecule has 0 aliphatic carbocycles. The van der Waals surface area contributed by atoms with Gasteiger partial charge in [0.25, 0.3) is 11.5 Å². The van der Waals surface area contributed by atoms with Gasteiger partial charge in [0.05, 0.1) is 17.4 Å². The molecule has 158 valence electrons. The molecule has 0 bridgehead atoms. The van der Waals surface area contributed by atoms with E-state index in [1.807, 2.05) is 43.6 Å². The molecule has 4 aromatic rings. The third-order valence-electron chi connectivity index (χ3n) is 5.18. The number of unbranched alkanes of at least 4 members (excludes halogenated alkanes) is 1. The van der Waals surface area contributed by atoms with E-state index in [0.29, 0.717) is 13.1 Å². The van der Waals surface area contributed by atoms with Crippen molar-refractivity contribution >= 4 is 16.9 Å². The molecule has 2 aromatic heterocycles. The molecular formula is C24H25N5O2. The number of fused-ring (bicyclic) bond motifs is 1. The summed E-state index contributed by atoms with van der Waals surface area (Å²) in [6, 6.07) is 19.0. The zero-order valence-corrected chi connectivity index (χ0v) is 17.5. The molecule has 0 radical (unpaired) electrons. The second-order valence-corrected chi connectivity index (χ2v) is 7.49. The lowest BCUT2D eigenvalue weighted by Gasteiger charge is -2.09. The van der Waals surface area contributed by atoms with Gasteiger partial charge in [-0.2, -0.15) is 5.10 Å². The Labute approximate surface area is 180 Å². The Morgan fingerprint density at radius 1 is 1.00 bits per heavy atom. The topological polar surface area (TPSA) is 81.8 Å².